The van der Waals surface area contributed by atoms with Crippen LogP contribution in [0.25, 0.3) is 6.08 Å². The highest BCUT2D eigenvalue weighted by Gasteiger charge is 2.18. The van der Waals surface area contributed by atoms with E-state index in [9.17, 15) is 5.11 Å². The first-order valence-electron chi connectivity index (χ1n) is 5.29. The summed E-state index contributed by atoms with van der Waals surface area (Å²) in [6.07, 6.45) is 2.00. The molecule has 1 rings (SSSR count). The fourth-order valence-corrected chi connectivity index (χ4v) is 1.59. The lowest BCUT2D eigenvalue weighted by Crippen LogP contribution is -2.11. The van der Waals surface area contributed by atoms with Gasteiger partial charge >= 0.3 is 0 Å². The van der Waals surface area contributed by atoms with Crippen LogP contribution in [0.4, 0.5) is 0 Å². The Labute approximate surface area is 92.5 Å². The smallest absolute Gasteiger partial charge is 0.126 e. The lowest BCUT2D eigenvalue weighted by atomic mass is 9.85. The zero-order valence-electron chi connectivity index (χ0n) is 10.3. The maximum atomic E-state index is 10.1. The van der Waals surface area contributed by atoms with Crippen LogP contribution >= 0.6 is 0 Å². The van der Waals surface area contributed by atoms with Crippen molar-refractivity contribution in [3.05, 3.63) is 34.9 Å². The first kappa shape index (κ1) is 11.8. The lowest BCUT2D eigenvalue weighted by Gasteiger charge is -2.21. The van der Waals surface area contributed by atoms with Gasteiger partial charge in [0.15, 0.2) is 0 Å². The van der Waals surface area contributed by atoms with Crippen molar-refractivity contribution in [2.24, 2.45) is 0 Å². The van der Waals surface area contributed by atoms with Gasteiger partial charge in [0.05, 0.1) is 0 Å². The number of aromatic hydroxyl groups is 1. The van der Waals surface area contributed by atoms with Crippen molar-refractivity contribution in [3.63, 3.8) is 0 Å². The monoisotopic (exact) mass is 204 g/mol. The molecule has 0 saturated carbocycles. The largest absolute Gasteiger partial charge is 0.507 e. The molecule has 1 aromatic rings. The van der Waals surface area contributed by atoms with E-state index < -0.39 is 0 Å². The fourth-order valence-electron chi connectivity index (χ4n) is 1.59. The van der Waals surface area contributed by atoms with Gasteiger partial charge in [-0.3, -0.25) is 0 Å². The first-order valence-corrected chi connectivity index (χ1v) is 5.29. The molecule has 0 amide bonds. The van der Waals surface area contributed by atoms with Gasteiger partial charge in [-0.2, -0.15) is 0 Å². The van der Waals surface area contributed by atoms with Crippen molar-refractivity contribution in [3.8, 4) is 5.75 Å². The molecular weight excluding hydrogens is 184 g/mol. The Balaban J connectivity index is 3.30. The minimum absolute atomic E-state index is 0.0183. The van der Waals surface area contributed by atoms with E-state index in [0.29, 0.717) is 5.75 Å². The third-order valence-electron chi connectivity index (χ3n) is 2.32. The lowest BCUT2D eigenvalue weighted by molar-refractivity contribution is 0.445. The van der Waals surface area contributed by atoms with Gasteiger partial charge in [0, 0.05) is 5.56 Å². The van der Waals surface area contributed by atoms with Crippen molar-refractivity contribution < 1.29 is 5.11 Å². The van der Waals surface area contributed by atoms with Crippen molar-refractivity contribution in [2.45, 2.75) is 40.0 Å². The standard InChI is InChI=1S/C14H20O/c1-10(2)9-11-7-6-8-12(13(11)15)14(3,4)5/h6-9,15H,1-5H3. The molecule has 1 nitrogen and oxygen atoms in total. The molecule has 0 spiro atoms. The second kappa shape index (κ2) is 4.09. The van der Waals surface area contributed by atoms with Crippen molar-refractivity contribution in [1.82, 2.24) is 0 Å². The minimum atomic E-state index is -0.0183. The Bertz CT molecular complexity index is 377. The maximum Gasteiger partial charge on any atom is 0.126 e. The summed E-state index contributed by atoms with van der Waals surface area (Å²) in [7, 11) is 0. The third kappa shape index (κ3) is 2.85. The average Bonchev–Trinajstić information content (AvgIpc) is 2.05. The van der Waals surface area contributed by atoms with E-state index in [2.05, 4.69) is 20.8 Å². The highest BCUT2D eigenvalue weighted by atomic mass is 16.3. The fraction of sp³-hybridized carbons (Fsp3) is 0.429. The van der Waals surface area contributed by atoms with E-state index >= 15 is 0 Å². The van der Waals surface area contributed by atoms with Crippen LogP contribution in [0.2, 0.25) is 0 Å². The van der Waals surface area contributed by atoms with Crippen LogP contribution in [0, 0.1) is 0 Å². The van der Waals surface area contributed by atoms with Gasteiger partial charge < -0.3 is 5.11 Å². The van der Waals surface area contributed by atoms with Gasteiger partial charge in [0.25, 0.3) is 0 Å². The van der Waals surface area contributed by atoms with Gasteiger partial charge in [-0.1, -0.05) is 50.6 Å². The number of allylic oxidation sites excluding steroid dienone is 1. The van der Waals surface area contributed by atoms with E-state index in [1.165, 1.54) is 5.57 Å². The molecule has 0 aliphatic heterocycles. The van der Waals surface area contributed by atoms with Gasteiger partial charge in [-0.25, -0.2) is 0 Å². The van der Waals surface area contributed by atoms with Crippen molar-refractivity contribution in [1.29, 1.82) is 0 Å². The third-order valence-corrected chi connectivity index (χ3v) is 2.32. The first-order chi connectivity index (χ1) is 6.82. The van der Waals surface area contributed by atoms with Gasteiger partial charge in [-0.15, -0.1) is 0 Å². The quantitative estimate of drug-likeness (QED) is 0.729. The summed E-state index contributed by atoms with van der Waals surface area (Å²) in [4.78, 5) is 0. The summed E-state index contributed by atoms with van der Waals surface area (Å²) in [6.45, 7) is 10.4. The van der Waals surface area contributed by atoms with Crippen LogP contribution in [-0.2, 0) is 5.41 Å². The van der Waals surface area contributed by atoms with Crippen LogP contribution in [0.1, 0.15) is 45.7 Å². The second-order valence-electron chi connectivity index (χ2n) is 5.22. The summed E-state index contributed by atoms with van der Waals surface area (Å²) in [5, 5.41) is 10.1. The number of phenols is 1. The van der Waals surface area contributed by atoms with E-state index in [4.69, 9.17) is 0 Å². The van der Waals surface area contributed by atoms with E-state index in [-0.39, 0.29) is 5.41 Å². The topological polar surface area (TPSA) is 20.2 Å². The molecule has 1 heteroatoms. The Hall–Kier alpha value is -1.24. The molecule has 0 fully saturated rings. The van der Waals surface area contributed by atoms with Crippen LogP contribution in [-0.4, -0.2) is 5.11 Å². The summed E-state index contributed by atoms with van der Waals surface area (Å²) in [6, 6.07) is 5.92. The van der Waals surface area contributed by atoms with Gasteiger partial charge in [0.1, 0.15) is 5.75 Å². The highest BCUT2D eigenvalue weighted by molar-refractivity contribution is 5.61. The number of hydrogen-bond acceptors (Lipinski definition) is 1. The summed E-state index contributed by atoms with van der Waals surface area (Å²) < 4.78 is 0. The Morgan fingerprint density at radius 2 is 1.80 bits per heavy atom. The average molecular weight is 204 g/mol. The number of para-hydroxylation sites is 1. The normalized spacial score (nSPS) is 11.3. The number of benzene rings is 1. The second-order valence-corrected chi connectivity index (χ2v) is 5.22. The molecule has 15 heavy (non-hydrogen) atoms. The molecule has 0 heterocycles. The van der Waals surface area contributed by atoms with Crippen molar-refractivity contribution in [2.75, 3.05) is 0 Å². The van der Waals surface area contributed by atoms with Crippen molar-refractivity contribution >= 4 is 6.08 Å². The molecule has 0 aromatic heterocycles. The van der Waals surface area contributed by atoms with Gasteiger partial charge in [0.2, 0.25) is 0 Å². The molecule has 0 unspecified atom stereocenters. The molecule has 0 saturated heterocycles. The summed E-state index contributed by atoms with van der Waals surface area (Å²) in [5.41, 5.74) is 3.08. The van der Waals surface area contributed by atoms with Gasteiger partial charge in [-0.05, 0) is 24.8 Å². The van der Waals surface area contributed by atoms with Crippen LogP contribution in [0.3, 0.4) is 0 Å². The molecule has 0 aliphatic rings. The summed E-state index contributed by atoms with van der Waals surface area (Å²) in [5.74, 6) is 0.409. The predicted octanol–water partition coefficient (Wildman–Crippen LogP) is 4.11. The van der Waals surface area contributed by atoms with Crippen LogP contribution in [0.5, 0.6) is 5.75 Å². The molecule has 0 bridgehead atoms. The predicted molar refractivity (Wildman–Crippen MR) is 66.1 cm³/mol. The molecule has 1 N–H and O–H groups in total. The van der Waals surface area contributed by atoms with E-state index in [1.807, 2.05) is 38.1 Å². The number of phenolic OH excluding ortho intramolecular Hbond substituents is 1. The number of hydrogen-bond donors (Lipinski definition) is 1. The van der Waals surface area contributed by atoms with Crippen LogP contribution in [0.15, 0.2) is 23.8 Å². The Morgan fingerprint density at radius 1 is 1.20 bits per heavy atom. The molecular formula is C14H20O. The minimum Gasteiger partial charge on any atom is -0.507 e. The Morgan fingerprint density at radius 3 is 2.27 bits per heavy atom. The maximum absolute atomic E-state index is 10.1. The zero-order chi connectivity index (χ0) is 11.6. The Kier molecular flexibility index (Phi) is 3.23. The molecule has 82 valence electrons. The SMILES string of the molecule is CC(C)=Cc1cccc(C(C)(C)C)c1O. The summed E-state index contributed by atoms with van der Waals surface area (Å²) >= 11 is 0. The molecule has 0 atom stereocenters. The molecule has 0 radical (unpaired) electrons. The number of rotatable bonds is 1. The zero-order valence-corrected chi connectivity index (χ0v) is 10.3. The van der Waals surface area contributed by atoms with E-state index in [1.54, 1.807) is 0 Å². The highest BCUT2D eigenvalue weighted by Crippen LogP contribution is 2.33. The van der Waals surface area contributed by atoms with E-state index in [0.717, 1.165) is 11.1 Å². The van der Waals surface area contributed by atoms with Crippen LogP contribution < -0.4 is 0 Å². The molecule has 0 aliphatic carbocycles. The molecule has 1 aromatic carbocycles.